The third-order valence-corrected chi connectivity index (χ3v) is 5.69. The van der Waals surface area contributed by atoms with Crippen LogP contribution in [0.4, 0.5) is 11.4 Å². The fourth-order valence-corrected chi connectivity index (χ4v) is 3.77. The van der Waals surface area contributed by atoms with Crippen molar-refractivity contribution in [2.75, 3.05) is 23.9 Å². The number of hydrogen-bond acceptors (Lipinski definition) is 6. The van der Waals surface area contributed by atoms with Crippen molar-refractivity contribution in [1.29, 1.82) is 0 Å². The molecule has 4 rings (SSSR count). The molecule has 0 bridgehead atoms. The molecular weight excluding hydrogens is 434 g/mol. The van der Waals surface area contributed by atoms with Crippen molar-refractivity contribution in [2.45, 2.75) is 33.3 Å². The van der Waals surface area contributed by atoms with E-state index in [9.17, 15) is 9.59 Å². The Kier molecular flexibility index (Phi) is 6.96. The molecule has 0 saturated carbocycles. The normalized spacial score (nSPS) is 13.5. The Hall–Kier alpha value is -4.07. The van der Waals surface area contributed by atoms with Crippen LogP contribution in [0.5, 0.6) is 11.5 Å². The predicted molar refractivity (Wildman–Crippen MR) is 129 cm³/mol. The second kappa shape index (κ2) is 10.2. The van der Waals surface area contributed by atoms with E-state index in [1.165, 1.54) is 6.08 Å². The standard InChI is InChI=1S/C26H27N3O5/c1-17-22(18(2)34-28-17)16-33-23-12-6-19(15-24(23)32-3)7-13-25(30)27-20-8-10-21(11-9-20)29-14-4-5-26(29)31/h6-13,15H,4-5,14,16H2,1-3H3,(H,27,30)/b13-7+. The first-order valence-electron chi connectivity index (χ1n) is 11.1. The largest absolute Gasteiger partial charge is 0.493 e. The summed E-state index contributed by atoms with van der Waals surface area (Å²) in [5.41, 5.74) is 3.99. The van der Waals surface area contributed by atoms with Gasteiger partial charge in [0.05, 0.1) is 18.4 Å². The van der Waals surface area contributed by atoms with Gasteiger partial charge in [-0.2, -0.15) is 0 Å². The lowest BCUT2D eigenvalue weighted by Crippen LogP contribution is -2.23. The second-order valence-corrected chi connectivity index (χ2v) is 8.02. The summed E-state index contributed by atoms with van der Waals surface area (Å²) in [6.45, 7) is 4.77. The number of aryl methyl sites for hydroxylation is 2. The van der Waals surface area contributed by atoms with Gasteiger partial charge in [0.25, 0.3) is 0 Å². The molecule has 176 valence electrons. The fraction of sp³-hybridized carbons (Fsp3) is 0.269. The van der Waals surface area contributed by atoms with E-state index in [0.29, 0.717) is 30.2 Å². The minimum Gasteiger partial charge on any atom is -0.493 e. The zero-order valence-corrected chi connectivity index (χ0v) is 19.5. The lowest BCUT2D eigenvalue weighted by Gasteiger charge is -2.15. The first-order valence-corrected chi connectivity index (χ1v) is 11.1. The van der Waals surface area contributed by atoms with Gasteiger partial charge < -0.3 is 24.2 Å². The van der Waals surface area contributed by atoms with Crippen LogP contribution in [0.1, 0.15) is 35.4 Å². The molecule has 2 aromatic carbocycles. The molecule has 8 heteroatoms. The summed E-state index contributed by atoms with van der Waals surface area (Å²) < 4.78 is 16.5. The maximum absolute atomic E-state index is 12.4. The second-order valence-electron chi connectivity index (χ2n) is 8.02. The number of methoxy groups -OCH3 is 1. The van der Waals surface area contributed by atoms with E-state index in [1.54, 1.807) is 42.4 Å². The monoisotopic (exact) mass is 461 g/mol. The molecule has 2 heterocycles. The van der Waals surface area contributed by atoms with Gasteiger partial charge in [-0.25, -0.2) is 0 Å². The lowest BCUT2D eigenvalue weighted by atomic mass is 10.1. The van der Waals surface area contributed by atoms with Crippen LogP contribution < -0.4 is 19.7 Å². The van der Waals surface area contributed by atoms with Crippen LogP contribution in [-0.4, -0.2) is 30.6 Å². The SMILES string of the molecule is COc1cc(/C=C/C(=O)Nc2ccc(N3CCCC3=O)cc2)ccc1OCc1c(C)noc1C. The molecule has 1 fully saturated rings. The van der Waals surface area contributed by atoms with E-state index in [-0.39, 0.29) is 11.8 Å². The number of ether oxygens (including phenoxy) is 2. The molecule has 2 amide bonds. The zero-order valence-electron chi connectivity index (χ0n) is 19.5. The number of amides is 2. The van der Waals surface area contributed by atoms with Crippen LogP contribution >= 0.6 is 0 Å². The van der Waals surface area contributed by atoms with Gasteiger partial charge in [0.15, 0.2) is 11.5 Å². The van der Waals surface area contributed by atoms with Gasteiger partial charge in [0.1, 0.15) is 12.4 Å². The molecule has 0 atom stereocenters. The van der Waals surface area contributed by atoms with Crippen molar-refractivity contribution in [2.24, 2.45) is 0 Å². The summed E-state index contributed by atoms with van der Waals surface area (Å²) in [6, 6.07) is 12.7. The molecule has 8 nitrogen and oxygen atoms in total. The Labute approximate surface area is 198 Å². The Bertz CT molecular complexity index is 1190. The Morgan fingerprint density at radius 2 is 1.97 bits per heavy atom. The Morgan fingerprint density at radius 3 is 2.62 bits per heavy atom. The van der Waals surface area contributed by atoms with Crippen molar-refractivity contribution < 1.29 is 23.6 Å². The molecule has 3 aromatic rings. The Balaban J connectivity index is 1.36. The van der Waals surface area contributed by atoms with Gasteiger partial charge in [0, 0.05) is 30.4 Å². The number of hydrogen-bond donors (Lipinski definition) is 1. The van der Waals surface area contributed by atoms with Crippen LogP contribution in [-0.2, 0) is 16.2 Å². The van der Waals surface area contributed by atoms with Crippen molar-refractivity contribution in [3.63, 3.8) is 0 Å². The molecule has 1 saturated heterocycles. The third-order valence-electron chi connectivity index (χ3n) is 5.69. The average molecular weight is 462 g/mol. The molecule has 1 aliphatic rings. The van der Waals surface area contributed by atoms with Gasteiger partial charge in [-0.3, -0.25) is 9.59 Å². The number of carbonyl (C=O) groups is 2. The van der Waals surface area contributed by atoms with E-state index in [2.05, 4.69) is 10.5 Å². The van der Waals surface area contributed by atoms with Gasteiger partial charge in [0.2, 0.25) is 11.8 Å². The highest BCUT2D eigenvalue weighted by Gasteiger charge is 2.21. The molecular formula is C26H27N3O5. The molecule has 0 spiro atoms. The van der Waals surface area contributed by atoms with Crippen molar-refractivity contribution in [3.8, 4) is 11.5 Å². The minimum absolute atomic E-state index is 0.135. The van der Waals surface area contributed by atoms with Crippen LogP contribution in [0.3, 0.4) is 0 Å². The fourth-order valence-electron chi connectivity index (χ4n) is 3.77. The van der Waals surface area contributed by atoms with Crippen LogP contribution in [0.15, 0.2) is 53.1 Å². The summed E-state index contributed by atoms with van der Waals surface area (Å²) in [4.78, 5) is 26.0. The molecule has 1 aromatic heterocycles. The van der Waals surface area contributed by atoms with E-state index in [4.69, 9.17) is 14.0 Å². The molecule has 0 radical (unpaired) electrons. The number of nitrogens with one attached hydrogen (secondary N) is 1. The number of carbonyl (C=O) groups excluding carboxylic acids is 2. The van der Waals surface area contributed by atoms with E-state index in [0.717, 1.165) is 41.2 Å². The van der Waals surface area contributed by atoms with E-state index < -0.39 is 0 Å². The summed E-state index contributed by atoms with van der Waals surface area (Å²) in [7, 11) is 1.57. The quantitative estimate of drug-likeness (QED) is 0.491. The van der Waals surface area contributed by atoms with Crippen molar-refractivity contribution in [1.82, 2.24) is 5.16 Å². The summed E-state index contributed by atoms with van der Waals surface area (Å²) in [6.07, 6.45) is 4.62. The number of rotatable bonds is 8. The molecule has 1 aliphatic heterocycles. The predicted octanol–water partition coefficient (Wildman–Crippen LogP) is 4.66. The first-order chi connectivity index (χ1) is 16.4. The van der Waals surface area contributed by atoms with Gasteiger partial charge in [-0.05, 0) is 68.3 Å². The maximum atomic E-state index is 12.4. The number of aromatic nitrogens is 1. The van der Waals surface area contributed by atoms with Crippen LogP contribution in [0.2, 0.25) is 0 Å². The smallest absolute Gasteiger partial charge is 0.248 e. The third kappa shape index (κ3) is 5.28. The van der Waals surface area contributed by atoms with E-state index >= 15 is 0 Å². The molecule has 1 N–H and O–H groups in total. The van der Waals surface area contributed by atoms with Crippen LogP contribution in [0, 0.1) is 13.8 Å². The summed E-state index contributed by atoms with van der Waals surface area (Å²) >= 11 is 0. The molecule has 0 unspecified atom stereocenters. The van der Waals surface area contributed by atoms with Crippen LogP contribution in [0.25, 0.3) is 6.08 Å². The number of benzene rings is 2. The summed E-state index contributed by atoms with van der Waals surface area (Å²) in [5, 5.41) is 6.76. The minimum atomic E-state index is -0.261. The highest BCUT2D eigenvalue weighted by Crippen LogP contribution is 2.30. The average Bonchev–Trinajstić information content (AvgIpc) is 3.41. The van der Waals surface area contributed by atoms with Gasteiger partial charge in [-0.15, -0.1) is 0 Å². The molecule has 34 heavy (non-hydrogen) atoms. The highest BCUT2D eigenvalue weighted by atomic mass is 16.5. The lowest BCUT2D eigenvalue weighted by molar-refractivity contribution is -0.117. The zero-order chi connectivity index (χ0) is 24.1. The summed E-state index contributed by atoms with van der Waals surface area (Å²) in [5.74, 6) is 1.74. The van der Waals surface area contributed by atoms with E-state index in [1.807, 2.05) is 32.0 Å². The number of nitrogens with zero attached hydrogens (tertiary/aromatic N) is 2. The highest BCUT2D eigenvalue weighted by molar-refractivity contribution is 6.02. The van der Waals surface area contributed by atoms with Gasteiger partial charge >= 0.3 is 0 Å². The van der Waals surface area contributed by atoms with Crippen molar-refractivity contribution in [3.05, 3.63) is 71.1 Å². The first kappa shape index (κ1) is 23.1. The molecule has 0 aliphatic carbocycles. The van der Waals surface area contributed by atoms with Crippen molar-refractivity contribution >= 4 is 29.3 Å². The van der Waals surface area contributed by atoms with Gasteiger partial charge in [-0.1, -0.05) is 11.2 Å². The Morgan fingerprint density at radius 1 is 1.18 bits per heavy atom. The topological polar surface area (TPSA) is 93.9 Å². The maximum Gasteiger partial charge on any atom is 0.248 e. The number of anilines is 2.